The summed E-state index contributed by atoms with van der Waals surface area (Å²) >= 11 is 0. The number of hydrogen-bond acceptors (Lipinski definition) is 5. The van der Waals surface area contributed by atoms with Crippen LogP contribution in [0, 0.1) is 5.92 Å². The maximum absolute atomic E-state index is 12.6. The fourth-order valence-corrected chi connectivity index (χ4v) is 3.99. The Hall–Kier alpha value is -1.86. The summed E-state index contributed by atoms with van der Waals surface area (Å²) in [6, 6.07) is 6.56. The van der Waals surface area contributed by atoms with Crippen LogP contribution < -0.4 is 15.8 Å². The number of hydrogen-bond donors (Lipinski definition) is 3. The van der Waals surface area contributed by atoms with Gasteiger partial charge in [0.25, 0.3) is 15.9 Å². The van der Waals surface area contributed by atoms with Gasteiger partial charge in [0.05, 0.1) is 5.69 Å². The Morgan fingerprint density at radius 1 is 1.36 bits per heavy atom. The van der Waals surface area contributed by atoms with E-state index in [1.54, 1.807) is 24.3 Å². The number of nitrogens with one attached hydrogen (secondary N) is 2. The molecular weight excluding hydrogens is 338 g/mol. The monoisotopic (exact) mass is 365 g/mol. The van der Waals surface area contributed by atoms with E-state index in [4.69, 9.17) is 5.73 Å². The average molecular weight is 365 g/mol. The van der Waals surface area contributed by atoms with E-state index < -0.39 is 21.5 Å². The van der Waals surface area contributed by atoms with Crippen LogP contribution in [0.1, 0.15) is 39.0 Å². The van der Waals surface area contributed by atoms with Gasteiger partial charge in [0, 0.05) is 12.5 Å². The molecule has 7 heteroatoms. The molecule has 1 saturated carbocycles. The van der Waals surface area contributed by atoms with Gasteiger partial charge in [-0.15, -0.1) is 6.58 Å². The molecule has 0 radical (unpaired) electrons. The van der Waals surface area contributed by atoms with Gasteiger partial charge in [-0.3, -0.25) is 4.79 Å². The Morgan fingerprint density at radius 3 is 2.72 bits per heavy atom. The van der Waals surface area contributed by atoms with Crippen LogP contribution in [-0.2, 0) is 14.8 Å². The first-order valence-electron chi connectivity index (χ1n) is 8.66. The summed E-state index contributed by atoms with van der Waals surface area (Å²) in [5, 5.41) is 3.15. The first kappa shape index (κ1) is 19.5. The Morgan fingerprint density at radius 2 is 2.08 bits per heavy atom. The van der Waals surface area contributed by atoms with E-state index >= 15 is 0 Å². The predicted molar refractivity (Wildman–Crippen MR) is 99.6 cm³/mol. The van der Waals surface area contributed by atoms with Crippen molar-refractivity contribution >= 4 is 21.6 Å². The van der Waals surface area contributed by atoms with Crippen molar-refractivity contribution < 1.29 is 13.2 Å². The molecule has 1 aliphatic rings. The van der Waals surface area contributed by atoms with E-state index in [9.17, 15) is 13.2 Å². The first-order valence-corrected chi connectivity index (χ1v) is 10.1. The van der Waals surface area contributed by atoms with Crippen molar-refractivity contribution in [1.29, 1.82) is 0 Å². The minimum Gasteiger partial charge on any atom is -0.384 e. The Labute approximate surface area is 149 Å². The van der Waals surface area contributed by atoms with Gasteiger partial charge in [0.1, 0.15) is 10.4 Å². The van der Waals surface area contributed by atoms with Crippen LogP contribution in [0.25, 0.3) is 0 Å². The zero-order valence-electron chi connectivity index (χ0n) is 14.6. The quantitative estimate of drug-likeness (QED) is 0.436. The van der Waals surface area contributed by atoms with Crippen LogP contribution >= 0.6 is 0 Å². The lowest BCUT2D eigenvalue weighted by Gasteiger charge is -2.15. The Kier molecular flexibility index (Phi) is 6.24. The molecule has 4 N–H and O–H groups in total. The summed E-state index contributed by atoms with van der Waals surface area (Å²) in [5.41, 5.74) is 5.25. The second-order valence-electron chi connectivity index (χ2n) is 6.50. The molecule has 0 unspecified atom stereocenters. The Bertz CT molecular complexity index is 733. The summed E-state index contributed by atoms with van der Waals surface area (Å²) in [6.07, 6.45) is 6.34. The largest absolute Gasteiger partial charge is 0.384 e. The highest BCUT2D eigenvalue weighted by atomic mass is 32.2. The second-order valence-corrected chi connectivity index (χ2v) is 8.16. The van der Waals surface area contributed by atoms with Crippen molar-refractivity contribution in [2.24, 2.45) is 11.7 Å². The van der Waals surface area contributed by atoms with Gasteiger partial charge in [0.15, 0.2) is 0 Å². The van der Waals surface area contributed by atoms with Crippen molar-refractivity contribution in [3.63, 3.8) is 0 Å². The fourth-order valence-electron chi connectivity index (χ4n) is 2.75. The molecule has 0 aromatic heterocycles. The average Bonchev–Trinajstić information content (AvgIpc) is 3.27. The lowest BCUT2D eigenvalue weighted by molar-refractivity contribution is -0.121. The van der Waals surface area contributed by atoms with Crippen molar-refractivity contribution in [3.05, 3.63) is 36.9 Å². The summed E-state index contributed by atoms with van der Waals surface area (Å²) < 4.78 is 27.3. The molecule has 1 amide bonds. The van der Waals surface area contributed by atoms with Crippen molar-refractivity contribution in [3.8, 4) is 0 Å². The van der Waals surface area contributed by atoms with Gasteiger partial charge < -0.3 is 11.1 Å². The molecule has 138 valence electrons. The van der Waals surface area contributed by atoms with Crippen LogP contribution in [0.3, 0.4) is 0 Å². The molecule has 0 heterocycles. The summed E-state index contributed by atoms with van der Waals surface area (Å²) in [6.45, 7) is 6.42. The molecule has 1 fully saturated rings. The first-order chi connectivity index (χ1) is 11.8. The van der Waals surface area contributed by atoms with E-state index in [2.05, 4.69) is 23.5 Å². The normalized spacial score (nSPS) is 22.2. The number of anilines is 1. The maximum atomic E-state index is 12.6. The van der Waals surface area contributed by atoms with Gasteiger partial charge in [-0.25, -0.2) is 13.1 Å². The number of rotatable bonds is 10. The zero-order valence-corrected chi connectivity index (χ0v) is 15.4. The van der Waals surface area contributed by atoms with Crippen LogP contribution in [0.15, 0.2) is 41.8 Å². The topological polar surface area (TPSA) is 101 Å². The fraction of sp³-hybridized carbons (Fsp3) is 0.500. The molecule has 6 nitrogen and oxygen atoms in total. The summed E-state index contributed by atoms with van der Waals surface area (Å²) in [5.74, 6) is -0.871. The molecule has 0 saturated heterocycles. The van der Waals surface area contributed by atoms with Crippen LogP contribution in [0.4, 0.5) is 5.69 Å². The molecule has 25 heavy (non-hydrogen) atoms. The minimum atomic E-state index is -3.99. The third-order valence-corrected chi connectivity index (χ3v) is 5.91. The molecule has 1 aromatic carbocycles. The van der Waals surface area contributed by atoms with Crippen molar-refractivity contribution in [1.82, 2.24) is 4.72 Å². The SMILES string of the molecule is C=C[C@@H]1C[C@]1(N)C(=O)NS(=O)(=O)c1ccccc1NCCCCCC. The number of sulfonamides is 1. The van der Waals surface area contributed by atoms with Crippen LogP contribution in [0.2, 0.25) is 0 Å². The highest BCUT2D eigenvalue weighted by molar-refractivity contribution is 7.90. The highest BCUT2D eigenvalue weighted by Crippen LogP contribution is 2.42. The van der Waals surface area contributed by atoms with Crippen LogP contribution in [-0.4, -0.2) is 26.4 Å². The van der Waals surface area contributed by atoms with Gasteiger partial charge in [-0.2, -0.15) is 0 Å². The molecule has 0 aliphatic heterocycles. The molecule has 1 aliphatic carbocycles. The molecule has 2 rings (SSSR count). The molecular formula is C18H27N3O3S. The Balaban J connectivity index is 2.06. The summed E-state index contributed by atoms with van der Waals surface area (Å²) in [7, 11) is -3.99. The highest BCUT2D eigenvalue weighted by Gasteiger charge is 2.56. The molecule has 1 aromatic rings. The summed E-state index contributed by atoms with van der Waals surface area (Å²) in [4.78, 5) is 12.3. The van der Waals surface area contributed by atoms with Gasteiger partial charge in [-0.05, 0) is 25.0 Å². The van der Waals surface area contributed by atoms with Gasteiger partial charge in [-0.1, -0.05) is 44.4 Å². The smallest absolute Gasteiger partial charge is 0.266 e. The lowest BCUT2D eigenvalue weighted by atomic mass is 10.2. The standard InChI is InChI=1S/C18H27N3O3S/c1-3-5-6-9-12-20-15-10-7-8-11-16(15)25(23,24)21-17(22)18(19)13-14(18)4-2/h4,7-8,10-11,14,20H,2-3,5-6,9,12-13,19H2,1H3,(H,21,22)/t14-,18-/m1/s1. The molecule has 0 bridgehead atoms. The minimum absolute atomic E-state index is 0.0539. The van der Waals surface area contributed by atoms with E-state index in [0.29, 0.717) is 18.7 Å². The van der Waals surface area contributed by atoms with Crippen LogP contribution in [0.5, 0.6) is 0 Å². The third kappa shape index (κ3) is 4.61. The molecule has 0 spiro atoms. The second kappa shape index (κ2) is 8.01. The van der Waals surface area contributed by atoms with E-state index in [-0.39, 0.29) is 10.8 Å². The van der Waals surface area contributed by atoms with E-state index in [1.165, 1.54) is 6.07 Å². The van der Waals surface area contributed by atoms with Gasteiger partial charge >= 0.3 is 0 Å². The van der Waals surface area contributed by atoms with Crippen molar-refractivity contribution in [2.75, 3.05) is 11.9 Å². The lowest BCUT2D eigenvalue weighted by Crippen LogP contribution is -2.46. The third-order valence-electron chi connectivity index (χ3n) is 4.52. The van der Waals surface area contributed by atoms with Gasteiger partial charge in [0.2, 0.25) is 0 Å². The number of nitrogens with two attached hydrogens (primary N) is 1. The molecule has 2 atom stereocenters. The zero-order chi connectivity index (χ0) is 18.5. The predicted octanol–water partition coefficient (Wildman–Crippen LogP) is 2.39. The maximum Gasteiger partial charge on any atom is 0.266 e. The number of unbranched alkanes of at least 4 members (excludes halogenated alkanes) is 3. The number of para-hydroxylation sites is 1. The van der Waals surface area contributed by atoms with Crippen molar-refractivity contribution in [2.45, 2.75) is 49.5 Å². The number of amides is 1. The van der Waals surface area contributed by atoms with E-state index in [1.807, 2.05) is 0 Å². The number of carbonyl (C=O) groups is 1. The number of carbonyl (C=O) groups excluding carboxylic acids is 1. The van der Waals surface area contributed by atoms with E-state index in [0.717, 1.165) is 25.7 Å². The number of benzene rings is 1.